The Bertz CT molecular complexity index is 658. The smallest absolute Gasteiger partial charge is 0.318 e. The van der Waals surface area contributed by atoms with E-state index in [1.165, 1.54) is 0 Å². The fraction of sp³-hybridized carbons (Fsp3) is 0.529. The molecular weight excluding hydrogens is 326 g/mol. The molecule has 2 aliphatic heterocycles. The number of amides is 3. The molecule has 0 spiro atoms. The van der Waals surface area contributed by atoms with E-state index in [4.69, 9.17) is 19.9 Å². The Kier molecular flexibility index (Phi) is 5.10. The highest BCUT2D eigenvalue weighted by molar-refractivity contribution is 5.96. The van der Waals surface area contributed by atoms with Crippen LogP contribution < -0.4 is 25.8 Å². The molecule has 0 saturated carbocycles. The predicted octanol–water partition coefficient (Wildman–Crippen LogP) is 0.637. The highest BCUT2D eigenvalue weighted by atomic mass is 16.7. The molecule has 0 aliphatic carbocycles. The first kappa shape index (κ1) is 17.5. The number of carbonyl (C=O) groups excluding carboxylic acids is 2. The van der Waals surface area contributed by atoms with Crippen LogP contribution in [0.4, 0.5) is 4.79 Å². The molecule has 2 aliphatic rings. The SMILES string of the molecule is C[C@@H](NCC1(c2ccc3c(c2)OCO3)CCOCC1)C(=O)NC(N)=O. The van der Waals surface area contributed by atoms with Crippen molar-refractivity contribution in [3.05, 3.63) is 23.8 Å². The molecule has 136 valence electrons. The number of benzene rings is 1. The van der Waals surface area contributed by atoms with E-state index in [-0.39, 0.29) is 12.2 Å². The van der Waals surface area contributed by atoms with Crippen LogP contribution >= 0.6 is 0 Å². The lowest BCUT2D eigenvalue weighted by atomic mass is 9.74. The molecule has 1 fully saturated rings. The van der Waals surface area contributed by atoms with Crippen LogP contribution in [0.3, 0.4) is 0 Å². The highest BCUT2D eigenvalue weighted by Crippen LogP contribution is 2.40. The van der Waals surface area contributed by atoms with Gasteiger partial charge in [-0.25, -0.2) is 4.79 Å². The molecular formula is C17H23N3O5. The molecule has 0 radical (unpaired) electrons. The average Bonchev–Trinajstić information content (AvgIpc) is 3.07. The topological polar surface area (TPSA) is 112 Å². The van der Waals surface area contributed by atoms with Gasteiger partial charge in [0.25, 0.3) is 0 Å². The summed E-state index contributed by atoms with van der Waals surface area (Å²) in [5, 5.41) is 5.31. The van der Waals surface area contributed by atoms with Gasteiger partial charge in [0.1, 0.15) is 0 Å². The number of primary amides is 1. The van der Waals surface area contributed by atoms with Crippen LogP contribution in [0.1, 0.15) is 25.3 Å². The van der Waals surface area contributed by atoms with Crippen molar-refractivity contribution >= 4 is 11.9 Å². The molecule has 0 bridgehead atoms. The third kappa shape index (κ3) is 3.85. The van der Waals surface area contributed by atoms with Crippen LogP contribution in [-0.2, 0) is 14.9 Å². The lowest BCUT2D eigenvalue weighted by molar-refractivity contribution is -0.121. The molecule has 25 heavy (non-hydrogen) atoms. The second-order valence-electron chi connectivity index (χ2n) is 6.42. The number of fused-ring (bicyclic) bond motifs is 1. The van der Waals surface area contributed by atoms with Crippen molar-refractivity contribution in [1.29, 1.82) is 0 Å². The van der Waals surface area contributed by atoms with Gasteiger partial charge >= 0.3 is 6.03 Å². The Morgan fingerprint density at radius 3 is 2.68 bits per heavy atom. The van der Waals surface area contributed by atoms with Crippen molar-refractivity contribution in [3.63, 3.8) is 0 Å². The van der Waals surface area contributed by atoms with E-state index in [0.717, 1.165) is 29.9 Å². The first-order chi connectivity index (χ1) is 12.0. The number of nitrogens with two attached hydrogens (primary N) is 1. The van der Waals surface area contributed by atoms with Gasteiger partial charge in [-0.2, -0.15) is 0 Å². The molecule has 8 nitrogen and oxygen atoms in total. The molecule has 0 unspecified atom stereocenters. The molecule has 2 heterocycles. The molecule has 3 rings (SSSR count). The quantitative estimate of drug-likeness (QED) is 0.719. The summed E-state index contributed by atoms with van der Waals surface area (Å²) in [6.45, 7) is 3.81. The molecule has 1 aromatic rings. The second kappa shape index (κ2) is 7.28. The molecule has 8 heteroatoms. The molecule has 0 aromatic heterocycles. The van der Waals surface area contributed by atoms with Gasteiger partial charge in [0.15, 0.2) is 11.5 Å². The zero-order chi connectivity index (χ0) is 17.9. The lowest BCUT2D eigenvalue weighted by Crippen LogP contribution is -2.51. The van der Waals surface area contributed by atoms with Crippen LogP contribution in [-0.4, -0.2) is 44.5 Å². The van der Waals surface area contributed by atoms with Gasteiger partial charge in [0.05, 0.1) is 6.04 Å². The van der Waals surface area contributed by atoms with Crippen molar-refractivity contribution in [2.24, 2.45) is 5.73 Å². The van der Waals surface area contributed by atoms with Crippen LogP contribution in [0.2, 0.25) is 0 Å². The number of urea groups is 1. The van der Waals surface area contributed by atoms with Crippen LogP contribution in [0.15, 0.2) is 18.2 Å². The van der Waals surface area contributed by atoms with Crippen LogP contribution in [0, 0.1) is 0 Å². The minimum atomic E-state index is -0.852. The van der Waals surface area contributed by atoms with Gasteiger partial charge in [-0.1, -0.05) is 6.07 Å². The first-order valence-corrected chi connectivity index (χ1v) is 8.32. The van der Waals surface area contributed by atoms with Crippen LogP contribution in [0.25, 0.3) is 0 Å². The van der Waals surface area contributed by atoms with Gasteiger partial charge < -0.3 is 25.3 Å². The molecule has 3 amide bonds. The Hall–Kier alpha value is -2.32. The van der Waals surface area contributed by atoms with E-state index in [1.807, 2.05) is 18.2 Å². The average molecular weight is 349 g/mol. The summed E-state index contributed by atoms with van der Waals surface area (Å²) in [6.07, 6.45) is 1.65. The molecule has 1 atom stereocenters. The minimum Gasteiger partial charge on any atom is -0.454 e. The van der Waals surface area contributed by atoms with Gasteiger partial charge in [0.2, 0.25) is 12.7 Å². The summed E-state index contributed by atoms with van der Waals surface area (Å²) in [6, 6.07) is 4.56. The number of nitrogens with one attached hydrogen (secondary N) is 2. The fourth-order valence-electron chi connectivity index (χ4n) is 3.23. The fourth-order valence-corrected chi connectivity index (χ4v) is 3.23. The summed E-state index contributed by atoms with van der Waals surface area (Å²) >= 11 is 0. The summed E-state index contributed by atoms with van der Waals surface area (Å²) in [7, 11) is 0. The van der Waals surface area contributed by atoms with Gasteiger partial charge in [-0.15, -0.1) is 0 Å². The first-order valence-electron chi connectivity index (χ1n) is 8.32. The number of hydrogen-bond donors (Lipinski definition) is 3. The summed E-state index contributed by atoms with van der Waals surface area (Å²) in [4.78, 5) is 22.7. The van der Waals surface area contributed by atoms with Crippen molar-refractivity contribution in [2.45, 2.75) is 31.2 Å². The maximum Gasteiger partial charge on any atom is 0.318 e. The monoisotopic (exact) mass is 349 g/mol. The third-order valence-corrected chi connectivity index (χ3v) is 4.82. The summed E-state index contributed by atoms with van der Waals surface area (Å²) < 4.78 is 16.4. The third-order valence-electron chi connectivity index (χ3n) is 4.82. The summed E-state index contributed by atoms with van der Waals surface area (Å²) in [5.41, 5.74) is 5.94. The standard InChI is InChI=1S/C17H23N3O5/c1-11(15(21)20-16(18)22)19-9-17(4-6-23-7-5-17)12-2-3-13-14(8-12)25-10-24-13/h2-3,8,11,19H,4-7,9-10H2,1H3,(H3,18,20,21,22)/t11-/m1/s1. The molecule has 1 saturated heterocycles. The number of hydrogen-bond acceptors (Lipinski definition) is 6. The molecule has 4 N–H and O–H groups in total. The van der Waals surface area contributed by atoms with E-state index in [0.29, 0.717) is 19.8 Å². The normalized spacial score (nSPS) is 19.2. The minimum absolute atomic E-state index is 0.180. The molecule has 1 aromatic carbocycles. The van der Waals surface area contributed by atoms with E-state index >= 15 is 0 Å². The largest absolute Gasteiger partial charge is 0.454 e. The number of ether oxygens (including phenoxy) is 3. The highest BCUT2D eigenvalue weighted by Gasteiger charge is 2.36. The summed E-state index contributed by atoms with van der Waals surface area (Å²) in [5.74, 6) is 1.04. The maximum atomic E-state index is 11.9. The van der Waals surface area contributed by atoms with Crippen LogP contribution in [0.5, 0.6) is 11.5 Å². The number of imide groups is 1. The van der Waals surface area contributed by atoms with Crippen molar-refractivity contribution in [3.8, 4) is 11.5 Å². The zero-order valence-corrected chi connectivity index (χ0v) is 14.2. The Labute approximate surface area is 146 Å². The second-order valence-corrected chi connectivity index (χ2v) is 6.42. The Morgan fingerprint density at radius 2 is 1.96 bits per heavy atom. The Balaban J connectivity index is 1.75. The maximum absolute atomic E-state index is 11.9. The van der Waals surface area contributed by atoms with E-state index in [1.54, 1.807) is 6.92 Å². The van der Waals surface area contributed by atoms with E-state index in [2.05, 4.69) is 10.6 Å². The number of carbonyl (C=O) groups is 2. The van der Waals surface area contributed by atoms with E-state index < -0.39 is 18.0 Å². The van der Waals surface area contributed by atoms with Gasteiger partial charge in [-0.3, -0.25) is 10.1 Å². The van der Waals surface area contributed by atoms with Crippen molar-refractivity contribution in [1.82, 2.24) is 10.6 Å². The number of rotatable bonds is 5. The predicted molar refractivity (Wildman–Crippen MR) is 89.5 cm³/mol. The van der Waals surface area contributed by atoms with Crippen molar-refractivity contribution < 1.29 is 23.8 Å². The Morgan fingerprint density at radius 1 is 1.24 bits per heavy atom. The zero-order valence-electron chi connectivity index (χ0n) is 14.2. The van der Waals surface area contributed by atoms with Gasteiger partial charge in [-0.05, 0) is 37.5 Å². The van der Waals surface area contributed by atoms with E-state index in [9.17, 15) is 9.59 Å². The van der Waals surface area contributed by atoms with Crippen molar-refractivity contribution in [2.75, 3.05) is 26.6 Å². The van der Waals surface area contributed by atoms with Gasteiger partial charge in [0, 0.05) is 25.2 Å². The lowest BCUT2D eigenvalue weighted by Gasteiger charge is -2.38.